The van der Waals surface area contributed by atoms with Gasteiger partial charge in [0.2, 0.25) is 0 Å². The van der Waals surface area contributed by atoms with Crippen molar-refractivity contribution in [3.63, 3.8) is 0 Å². The Bertz CT molecular complexity index is 1340. The predicted molar refractivity (Wildman–Crippen MR) is 130 cm³/mol. The van der Waals surface area contributed by atoms with E-state index >= 15 is 0 Å². The summed E-state index contributed by atoms with van der Waals surface area (Å²) in [5.74, 6) is -1.33. The molecular weight excluding hydrogens is 414 g/mol. The van der Waals surface area contributed by atoms with Gasteiger partial charge in [-0.3, -0.25) is 14.9 Å². The molecule has 1 N–H and O–H groups in total. The molecule has 2 heterocycles. The average Bonchev–Trinajstić information content (AvgIpc) is 3.00. The molecule has 1 aliphatic rings. The van der Waals surface area contributed by atoms with Gasteiger partial charge in [-0.05, 0) is 106 Å². The summed E-state index contributed by atoms with van der Waals surface area (Å²) >= 11 is 0. The fourth-order valence-corrected chi connectivity index (χ4v) is 4.32. The molecule has 0 bridgehead atoms. The van der Waals surface area contributed by atoms with Crippen molar-refractivity contribution >= 4 is 29.6 Å². The summed E-state index contributed by atoms with van der Waals surface area (Å²) in [6, 6.07) is 12.8. The van der Waals surface area contributed by atoms with E-state index < -0.39 is 17.8 Å². The van der Waals surface area contributed by atoms with Gasteiger partial charge in [0.15, 0.2) is 0 Å². The van der Waals surface area contributed by atoms with Gasteiger partial charge in [0.25, 0.3) is 11.8 Å². The van der Waals surface area contributed by atoms with Crippen LogP contribution in [0.1, 0.15) is 39.2 Å². The second kappa shape index (κ2) is 8.20. The first kappa shape index (κ1) is 22.3. The van der Waals surface area contributed by atoms with E-state index in [1.54, 1.807) is 18.2 Å². The highest BCUT2D eigenvalue weighted by Crippen LogP contribution is 2.27. The number of nitrogens with zero attached hydrogens (tertiary/aromatic N) is 2. The lowest BCUT2D eigenvalue weighted by molar-refractivity contribution is -0.122. The van der Waals surface area contributed by atoms with Gasteiger partial charge in [0.1, 0.15) is 5.57 Å². The smallest absolute Gasteiger partial charge is 0.318 e. The first-order valence-corrected chi connectivity index (χ1v) is 10.8. The Labute approximate surface area is 193 Å². The summed E-state index contributed by atoms with van der Waals surface area (Å²) < 4.78 is 2.10. The Balaban J connectivity index is 1.78. The van der Waals surface area contributed by atoms with E-state index in [-0.39, 0.29) is 5.57 Å². The second-order valence-electron chi connectivity index (χ2n) is 8.73. The van der Waals surface area contributed by atoms with Crippen LogP contribution >= 0.6 is 0 Å². The molecule has 6 heteroatoms. The number of rotatable bonds is 3. The van der Waals surface area contributed by atoms with E-state index in [2.05, 4.69) is 41.9 Å². The zero-order chi connectivity index (χ0) is 24.0. The maximum Gasteiger partial charge on any atom is 0.335 e. The number of benzene rings is 2. The highest BCUT2D eigenvalue weighted by molar-refractivity contribution is 6.39. The maximum absolute atomic E-state index is 13.3. The minimum atomic E-state index is -0.744. The standard InChI is InChI=1S/C27H27N3O3/c1-15-9-16(2)11-23(10-15)29-19(5)13-21(20(29)6)14-24-25(31)28-27(33)30(26(24)32)22-8-7-17(3)18(4)12-22/h7-14H,1-6H3,(H,28,31,33)/b24-14+. The number of urea groups is 1. The van der Waals surface area contributed by atoms with E-state index in [1.165, 1.54) is 0 Å². The van der Waals surface area contributed by atoms with Crippen molar-refractivity contribution in [2.24, 2.45) is 0 Å². The first-order chi connectivity index (χ1) is 15.6. The molecule has 4 rings (SSSR count). The normalized spacial score (nSPS) is 15.4. The highest BCUT2D eigenvalue weighted by atomic mass is 16.2. The van der Waals surface area contributed by atoms with E-state index in [0.717, 1.165) is 49.8 Å². The van der Waals surface area contributed by atoms with Crippen molar-refractivity contribution in [3.8, 4) is 5.69 Å². The minimum absolute atomic E-state index is 0.0755. The fraction of sp³-hybridized carbons (Fsp3) is 0.222. The lowest BCUT2D eigenvalue weighted by Gasteiger charge is -2.26. The number of barbiturate groups is 1. The van der Waals surface area contributed by atoms with Crippen LogP contribution in [0.2, 0.25) is 0 Å². The number of nitrogens with one attached hydrogen (secondary N) is 1. The molecule has 1 aromatic heterocycles. The van der Waals surface area contributed by atoms with Crippen molar-refractivity contribution < 1.29 is 14.4 Å². The number of aromatic nitrogens is 1. The van der Waals surface area contributed by atoms with Gasteiger partial charge < -0.3 is 4.57 Å². The topological polar surface area (TPSA) is 71.4 Å². The SMILES string of the molecule is Cc1cc(C)cc(-n2c(C)cc(/C=C3\C(=O)NC(=O)N(c4ccc(C)c(C)c4)C3=O)c2C)c1. The lowest BCUT2D eigenvalue weighted by Crippen LogP contribution is -2.54. The summed E-state index contributed by atoms with van der Waals surface area (Å²) in [4.78, 5) is 39.4. The van der Waals surface area contributed by atoms with E-state index in [9.17, 15) is 14.4 Å². The molecule has 33 heavy (non-hydrogen) atoms. The summed E-state index contributed by atoms with van der Waals surface area (Å²) in [6.45, 7) is 11.9. The van der Waals surface area contributed by atoms with Gasteiger partial charge in [0, 0.05) is 17.1 Å². The average molecular weight is 442 g/mol. The molecule has 4 amide bonds. The molecule has 0 spiro atoms. The molecule has 1 aliphatic heterocycles. The van der Waals surface area contributed by atoms with Gasteiger partial charge in [-0.25, -0.2) is 9.69 Å². The van der Waals surface area contributed by atoms with Crippen molar-refractivity contribution in [3.05, 3.63) is 87.2 Å². The van der Waals surface area contributed by atoms with Gasteiger partial charge in [0.05, 0.1) is 5.69 Å². The molecular formula is C27H27N3O3. The van der Waals surface area contributed by atoms with Crippen LogP contribution < -0.4 is 10.2 Å². The molecule has 2 aromatic carbocycles. The van der Waals surface area contributed by atoms with Gasteiger partial charge >= 0.3 is 6.03 Å². The van der Waals surface area contributed by atoms with Crippen LogP contribution in [0, 0.1) is 41.5 Å². The minimum Gasteiger partial charge on any atom is -0.318 e. The van der Waals surface area contributed by atoms with Crippen molar-refractivity contribution in [2.75, 3.05) is 4.90 Å². The number of carbonyl (C=O) groups is 3. The molecule has 0 radical (unpaired) electrons. The number of amides is 4. The number of aryl methyl sites for hydroxylation is 5. The molecule has 0 aliphatic carbocycles. The zero-order valence-corrected chi connectivity index (χ0v) is 19.7. The number of hydrogen-bond donors (Lipinski definition) is 1. The van der Waals surface area contributed by atoms with Crippen LogP contribution in [0.3, 0.4) is 0 Å². The maximum atomic E-state index is 13.3. The summed E-state index contributed by atoms with van der Waals surface area (Å²) in [6.07, 6.45) is 1.57. The van der Waals surface area contributed by atoms with Gasteiger partial charge in [-0.2, -0.15) is 0 Å². The van der Waals surface area contributed by atoms with E-state index in [0.29, 0.717) is 5.69 Å². The third-order valence-electron chi connectivity index (χ3n) is 6.09. The third-order valence-corrected chi connectivity index (χ3v) is 6.09. The zero-order valence-electron chi connectivity index (χ0n) is 19.7. The number of hydrogen-bond acceptors (Lipinski definition) is 3. The Morgan fingerprint density at radius 3 is 2.06 bits per heavy atom. The number of anilines is 1. The first-order valence-electron chi connectivity index (χ1n) is 10.8. The third kappa shape index (κ3) is 4.00. The number of carbonyl (C=O) groups excluding carboxylic acids is 3. The largest absolute Gasteiger partial charge is 0.335 e. The van der Waals surface area contributed by atoms with Crippen LogP contribution in [0.4, 0.5) is 10.5 Å². The van der Waals surface area contributed by atoms with Gasteiger partial charge in [-0.15, -0.1) is 0 Å². The summed E-state index contributed by atoms with van der Waals surface area (Å²) in [7, 11) is 0. The highest BCUT2D eigenvalue weighted by Gasteiger charge is 2.37. The fourth-order valence-electron chi connectivity index (χ4n) is 4.32. The predicted octanol–water partition coefficient (Wildman–Crippen LogP) is 4.99. The summed E-state index contributed by atoms with van der Waals surface area (Å²) in [5.41, 5.74) is 8.33. The molecule has 6 nitrogen and oxygen atoms in total. The van der Waals surface area contributed by atoms with Crippen molar-refractivity contribution in [1.29, 1.82) is 0 Å². The molecule has 1 fully saturated rings. The molecule has 0 atom stereocenters. The molecule has 0 unspecified atom stereocenters. The Morgan fingerprint density at radius 2 is 1.42 bits per heavy atom. The summed E-state index contributed by atoms with van der Waals surface area (Å²) in [5, 5.41) is 2.30. The van der Waals surface area contributed by atoms with Gasteiger partial charge in [-0.1, -0.05) is 12.1 Å². The molecule has 0 saturated carbocycles. The van der Waals surface area contributed by atoms with Crippen LogP contribution in [0.5, 0.6) is 0 Å². The van der Waals surface area contributed by atoms with Crippen molar-refractivity contribution in [2.45, 2.75) is 41.5 Å². The van der Waals surface area contributed by atoms with E-state index in [1.807, 2.05) is 39.8 Å². The Morgan fingerprint density at radius 1 is 0.758 bits per heavy atom. The van der Waals surface area contributed by atoms with E-state index in [4.69, 9.17) is 0 Å². The molecule has 3 aromatic rings. The van der Waals surface area contributed by atoms with Crippen molar-refractivity contribution in [1.82, 2.24) is 9.88 Å². The van der Waals surface area contributed by atoms with Crippen LogP contribution in [-0.2, 0) is 9.59 Å². The van der Waals surface area contributed by atoms with Crippen LogP contribution in [0.25, 0.3) is 11.8 Å². The Kier molecular flexibility index (Phi) is 5.54. The second-order valence-corrected chi connectivity index (χ2v) is 8.73. The monoisotopic (exact) mass is 441 g/mol. The lowest BCUT2D eigenvalue weighted by atomic mass is 10.1. The molecule has 168 valence electrons. The quantitative estimate of drug-likeness (QED) is 0.460. The Hall–Kier alpha value is -3.93. The molecule has 1 saturated heterocycles. The van der Waals surface area contributed by atoms with Crippen LogP contribution in [-0.4, -0.2) is 22.4 Å². The van der Waals surface area contributed by atoms with Crippen LogP contribution in [0.15, 0.2) is 48.0 Å². The number of imide groups is 2.